The van der Waals surface area contributed by atoms with Crippen LogP contribution in [0.25, 0.3) is 0 Å². The van der Waals surface area contributed by atoms with Gasteiger partial charge in [-0.2, -0.15) is 0 Å². The number of ether oxygens (including phenoxy) is 1. The first-order valence-electron chi connectivity index (χ1n) is 6.74. The monoisotopic (exact) mass is 338 g/mol. The number of hydrogen-bond acceptors (Lipinski definition) is 5. The van der Waals surface area contributed by atoms with Crippen LogP contribution in [0.5, 0.6) is 5.75 Å². The van der Waals surface area contributed by atoms with Gasteiger partial charge >= 0.3 is 5.97 Å². The second kappa shape index (κ2) is 7.19. The average molecular weight is 338 g/mol. The molecule has 1 aromatic heterocycles. The van der Waals surface area contributed by atoms with Crippen LogP contribution in [0.4, 0.5) is 4.39 Å². The number of aromatic nitrogens is 1. The lowest BCUT2D eigenvalue weighted by atomic mass is 10.3. The van der Waals surface area contributed by atoms with Crippen molar-refractivity contribution >= 4 is 23.2 Å². The van der Waals surface area contributed by atoms with Crippen molar-refractivity contribution in [1.82, 2.24) is 10.3 Å². The Morgan fingerprint density at radius 2 is 2.00 bits per heavy atom. The number of carboxylic acids is 1. The summed E-state index contributed by atoms with van der Waals surface area (Å²) in [5.74, 6) is -1.94. The number of thiazole rings is 1. The number of aliphatic carboxylic acids is 1. The lowest BCUT2D eigenvalue weighted by molar-refractivity contribution is -0.144. The number of aryl methyl sites for hydroxylation is 2. The third-order valence-electron chi connectivity index (χ3n) is 2.93. The van der Waals surface area contributed by atoms with Crippen molar-refractivity contribution in [3.63, 3.8) is 0 Å². The zero-order valence-corrected chi connectivity index (χ0v) is 13.3. The molecule has 2 aromatic rings. The molecule has 8 heteroatoms. The van der Waals surface area contributed by atoms with Gasteiger partial charge in [-0.15, -0.1) is 11.3 Å². The van der Waals surface area contributed by atoms with E-state index in [-0.39, 0.29) is 18.0 Å². The molecule has 1 aromatic carbocycles. The standard InChI is InChI=1S/C15H15FN2O4S/c1-8-13(18-9(2)23-8)14(19)17-7-12(15(20)21)22-11-5-3-10(16)4-6-11/h3-6,12H,7H2,1-2H3,(H,17,19)(H,20,21). The highest BCUT2D eigenvalue weighted by Crippen LogP contribution is 2.16. The zero-order chi connectivity index (χ0) is 17.0. The summed E-state index contributed by atoms with van der Waals surface area (Å²) in [6.07, 6.45) is -1.29. The molecular formula is C15H15FN2O4S. The Kier molecular flexibility index (Phi) is 5.28. The first-order valence-corrected chi connectivity index (χ1v) is 7.55. The van der Waals surface area contributed by atoms with Crippen LogP contribution in [0.2, 0.25) is 0 Å². The second-order valence-corrected chi connectivity index (χ2v) is 6.15. The number of carbonyl (C=O) groups excluding carboxylic acids is 1. The highest BCUT2D eigenvalue weighted by atomic mass is 32.1. The summed E-state index contributed by atoms with van der Waals surface area (Å²) in [7, 11) is 0. The minimum atomic E-state index is -1.29. The molecule has 122 valence electrons. The van der Waals surface area contributed by atoms with Gasteiger partial charge in [0.2, 0.25) is 6.10 Å². The molecule has 2 N–H and O–H groups in total. The fourth-order valence-corrected chi connectivity index (χ4v) is 2.68. The quantitative estimate of drug-likeness (QED) is 0.843. The molecule has 23 heavy (non-hydrogen) atoms. The topological polar surface area (TPSA) is 88.5 Å². The summed E-state index contributed by atoms with van der Waals surface area (Å²) < 4.78 is 18.1. The maximum absolute atomic E-state index is 12.8. The Morgan fingerprint density at radius 3 is 2.52 bits per heavy atom. The Morgan fingerprint density at radius 1 is 1.35 bits per heavy atom. The number of hydrogen-bond donors (Lipinski definition) is 2. The van der Waals surface area contributed by atoms with Gasteiger partial charge in [0.05, 0.1) is 11.6 Å². The van der Waals surface area contributed by atoms with Gasteiger partial charge in [-0.05, 0) is 38.1 Å². The minimum absolute atomic E-state index is 0.203. The molecule has 0 aliphatic carbocycles. The third-order valence-corrected chi connectivity index (χ3v) is 3.82. The molecule has 2 rings (SSSR count). The molecule has 6 nitrogen and oxygen atoms in total. The van der Waals surface area contributed by atoms with Gasteiger partial charge < -0.3 is 15.2 Å². The van der Waals surface area contributed by atoms with E-state index in [0.29, 0.717) is 0 Å². The molecular weight excluding hydrogens is 323 g/mol. The van der Waals surface area contributed by atoms with Gasteiger partial charge in [0.15, 0.2) is 0 Å². The number of nitrogens with zero attached hydrogens (tertiary/aromatic N) is 1. The van der Waals surface area contributed by atoms with Gasteiger partial charge in [0.25, 0.3) is 5.91 Å². The van der Waals surface area contributed by atoms with Crippen molar-refractivity contribution in [1.29, 1.82) is 0 Å². The summed E-state index contributed by atoms with van der Waals surface area (Å²) in [5, 5.41) is 12.4. The van der Waals surface area contributed by atoms with Crippen LogP contribution in [0.15, 0.2) is 24.3 Å². The van der Waals surface area contributed by atoms with Crippen LogP contribution in [0.3, 0.4) is 0 Å². The first kappa shape index (κ1) is 16.9. The lowest BCUT2D eigenvalue weighted by Gasteiger charge is -2.15. The molecule has 0 saturated heterocycles. The number of nitrogens with one attached hydrogen (secondary N) is 1. The molecule has 0 spiro atoms. The van der Waals surface area contributed by atoms with Crippen molar-refractivity contribution in [2.45, 2.75) is 20.0 Å². The van der Waals surface area contributed by atoms with Crippen LogP contribution in [-0.2, 0) is 4.79 Å². The van der Waals surface area contributed by atoms with E-state index in [2.05, 4.69) is 10.3 Å². The molecule has 0 saturated carbocycles. The summed E-state index contributed by atoms with van der Waals surface area (Å²) >= 11 is 1.39. The summed E-state index contributed by atoms with van der Waals surface area (Å²) in [6.45, 7) is 3.32. The molecule has 1 heterocycles. The van der Waals surface area contributed by atoms with Gasteiger partial charge in [-0.3, -0.25) is 4.79 Å². The Balaban J connectivity index is 1.99. The predicted molar refractivity (Wildman–Crippen MR) is 82.4 cm³/mol. The van der Waals surface area contributed by atoms with Gasteiger partial charge in [-0.1, -0.05) is 0 Å². The Bertz CT molecular complexity index is 715. The highest BCUT2D eigenvalue weighted by Gasteiger charge is 2.22. The number of halogens is 1. The zero-order valence-electron chi connectivity index (χ0n) is 12.5. The molecule has 1 unspecified atom stereocenters. The van der Waals surface area contributed by atoms with E-state index in [1.54, 1.807) is 13.8 Å². The summed E-state index contributed by atoms with van der Waals surface area (Å²) in [4.78, 5) is 28.1. The van der Waals surface area contributed by atoms with Crippen LogP contribution >= 0.6 is 11.3 Å². The SMILES string of the molecule is Cc1nc(C(=O)NCC(Oc2ccc(F)cc2)C(=O)O)c(C)s1. The maximum atomic E-state index is 12.8. The molecule has 1 amide bonds. The van der Waals surface area contributed by atoms with Crippen molar-refractivity contribution < 1.29 is 23.8 Å². The number of carbonyl (C=O) groups is 2. The van der Waals surface area contributed by atoms with Crippen molar-refractivity contribution in [2.75, 3.05) is 6.54 Å². The fourth-order valence-electron chi connectivity index (χ4n) is 1.87. The predicted octanol–water partition coefficient (Wildman–Crippen LogP) is 2.16. The van der Waals surface area contributed by atoms with E-state index in [1.165, 1.54) is 23.5 Å². The molecule has 1 atom stereocenters. The van der Waals surface area contributed by atoms with Gasteiger partial charge in [-0.25, -0.2) is 14.2 Å². The van der Waals surface area contributed by atoms with Crippen LogP contribution in [0.1, 0.15) is 20.4 Å². The van der Waals surface area contributed by atoms with E-state index in [0.717, 1.165) is 22.0 Å². The van der Waals surface area contributed by atoms with Crippen LogP contribution in [-0.4, -0.2) is 34.6 Å². The van der Waals surface area contributed by atoms with E-state index in [1.807, 2.05) is 0 Å². The van der Waals surface area contributed by atoms with Crippen LogP contribution in [0, 0.1) is 19.7 Å². The lowest BCUT2D eigenvalue weighted by Crippen LogP contribution is -2.40. The minimum Gasteiger partial charge on any atom is -0.478 e. The van der Waals surface area contributed by atoms with Crippen molar-refractivity contribution in [2.24, 2.45) is 0 Å². The Hall–Kier alpha value is -2.48. The fraction of sp³-hybridized carbons (Fsp3) is 0.267. The second-order valence-electron chi connectivity index (χ2n) is 4.75. The number of rotatable bonds is 6. The first-order chi connectivity index (χ1) is 10.9. The van der Waals surface area contributed by atoms with Gasteiger partial charge in [0, 0.05) is 4.88 Å². The van der Waals surface area contributed by atoms with E-state index >= 15 is 0 Å². The third kappa shape index (κ3) is 4.49. The normalized spacial score (nSPS) is 11.8. The van der Waals surface area contributed by atoms with Crippen LogP contribution < -0.4 is 10.1 Å². The number of amides is 1. The molecule has 0 bridgehead atoms. The van der Waals surface area contributed by atoms with E-state index < -0.39 is 23.8 Å². The van der Waals surface area contributed by atoms with E-state index in [9.17, 15) is 14.0 Å². The maximum Gasteiger partial charge on any atom is 0.346 e. The molecule has 0 radical (unpaired) electrons. The summed E-state index contributed by atoms with van der Waals surface area (Å²) in [5.41, 5.74) is 0.276. The molecule has 0 fully saturated rings. The largest absolute Gasteiger partial charge is 0.478 e. The number of benzene rings is 1. The highest BCUT2D eigenvalue weighted by molar-refractivity contribution is 7.11. The van der Waals surface area contributed by atoms with Gasteiger partial charge in [0.1, 0.15) is 17.3 Å². The number of carboxylic acid groups (broad SMARTS) is 1. The molecule has 0 aliphatic heterocycles. The molecule has 0 aliphatic rings. The summed E-state index contributed by atoms with van der Waals surface area (Å²) in [6, 6.07) is 4.96. The average Bonchev–Trinajstić information content (AvgIpc) is 2.83. The van der Waals surface area contributed by atoms with Crippen molar-refractivity contribution in [3.05, 3.63) is 45.7 Å². The Labute approximate surface area is 135 Å². The van der Waals surface area contributed by atoms with E-state index in [4.69, 9.17) is 9.84 Å². The van der Waals surface area contributed by atoms with Crippen molar-refractivity contribution in [3.8, 4) is 5.75 Å². The smallest absolute Gasteiger partial charge is 0.346 e.